The van der Waals surface area contributed by atoms with Gasteiger partial charge in [-0.2, -0.15) is 0 Å². The molecule has 1 aliphatic heterocycles. The van der Waals surface area contributed by atoms with E-state index in [1.807, 2.05) is 12.2 Å². The van der Waals surface area contributed by atoms with Crippen molar-refractivity contribution in [3.8, 4) is 0 Å². The van der Waals surface area contributed by atoms with Gasteiger partial charge in [0, 0.05) is 0 Å². The van der Waals surface area contributed by atoms with E-state index in [0.29, 0.717) is 0 Å². The monoisotopic (exact) mass is 146 g/mol. The van der Waals surface area contributed by atoms with Gasteiger partial charge in [0.25, 0.3) is 0 Å². The van der Waals surface area contributed by atoms with Crippen molar-refractivity contribution >= 4 is 19.5 Å². The lowest BCUT2D eigenvalue weighted by Crippen LogP contribution is -1.89. The third-order valence-corrected chi connectivity index (χ3v) is 3.75. The summed E-state index contributed by atoms with van der Waals surface area (Å²) < 4.78 is 0. The van der Waals surface area contributed by atoms with Crippen LogP contribution in [0.15, 0.2) is 24.0 Å². The molecule has 2 unspecified atom stereocenters. The highest BCUT2D eigenvalue weighted by molar-refractivity contribution is 7.62. The van der Waals surface area contributed by atoms with Crippen LogP contribution < -0.4 is 0 Å². The third kappa shape index (κ3) is 1.34. The summed E-state index contributed by atoms with van der Waals surface area (Å²) in [4.78, 5) is 0. The average molecular weight is 147 g/mol. The van der Waals surface area contributed by atoms with Crippen molar-refractivity contribution in [3.05, 3.63) is 24.0 Å². The van der Waals surface area contributed by atoms with Gasteiger partial charge in [-0.15, -0.1) is 11.6 Å². The van der Waals surface area contributed by atoms with Crippen LogP contribution in [0.3, 0.4) is 0 Å². The van der Waals surface area contributed by atoms with Crippen LogP contribution in [0.4, 0.5) is 0 Å². The molecule has 1 aliphatic rings. The van der Waals surface area contributed by atoms with Crippen LogP contribution in [0.1, 0.15) is 0 Å². The summed E-state index contributed by atoms with van der Waals surface area (Å²) in [5.74, 6) is 2.17. The largest absolute Gasteiger partial charge is 0.113 e. The molecule has 2 atom stereocenters. The molecule has 0 aromatic heterocycles. The van der Waals surface area contributed by atoms with E-state index in [2.05, 4.69) is 18.6 Å². The van der Waals surface area contributed by atoms with Crippen LogP contribution in [0.2, 0.25) is 0 Å². The highest BCUT2D eigenvalue weighted by atomic mass is 35.5. The zero-order valence-electron chi connectivity index (χ0n) is 4.71. The lowest BCUT2D eigenvalue weighted by atomic mass is 10.5. The predicted octanol–water partition coefficient (Wildman–Crippen LogP) is 2.75. The molecule has 0 aromatic rings. The quantitative estimate of drug-likeness (QED) is 0.364. The Labute approximate surface area is 56.0 Å². The minimum Gasteiger partial charge on any atom is -0.113 e. The summed E-state index contributed by atoms with van der Waals surface area (Å²) in [6.45, 7) is 2.17. The summed E-state index contributed by atoms with van der Waals surface area (Å²) in [5.41, 5.74) is 0. The number of allylic oxidation sites excluding steroid dienone is 3. The highest BCUT2D eigenvalue weighted by Gasteiger charge is 2.07. The fourth-order valence-electron chi connectivity index (χ4n) is 0.559. The van der Waals surface area contributed by atoms with E-state index >= 15 is 0 Å². The van der Waals surface area contributed by atoms with Crippen molar-refractivity contribution < 1.29 is 0 Å². The first-order chi connectivity index (χ1) is 3.80. The predicted molar refractivity (Wildman–Crippen MR) is 40.8 cm³/mol. The van der Waals surface area contributed by atoms with Gasteiger partial charge < -0.3 is 0 Å². The Balaban J connectivity index is 2.59. The van der Waals surface area contributed by atoms with Crippen LogP contribution in [0.25, 0.3) is 0 Å². The van der Waals surface area contributed by atoms with Crippen molar-refractivity contribution in [3.63, 3.8) is 0 Å². The summed E-state index contributed by atoms with van der Waals surface area (Å²) in [5, 5.41) is 0.273. The Morgan fingerprint density at radius 1 is 1.50 bits per heavy atom. The maximum absolute atomic E-state index is 5.86. The van der Waals surface area contributed by atoms with Crippen molar-refractivity contribution in [2.45, 2.75) is 5.12 Å². The van der Waals surface area contributed by atoms with Gasteiger partial charge in [-0.3, -0.25) is 0 Å². The van der Waals surface area contributed by atoms with E-state index in [0.717, 1.165) is 0 Å². The van der Waals surface area contributed by atoms with Crippen LogP contribution in [0, 0.1) is 0 Å². The van der Waals surface area contributed by atoms with Gasteiger partial charge >= 0.3 is 0 Å². The van der Waals surface area contributed by atoms with Gasteiger partial charge in [0.2, 0.25) is 0 Å². The van der Waals surface area contributed by atoms with E-state index in [1.54, 1.807) is 0 Å². The van der Waals surface area contributed by atoms with Crippen LogP contribution >= 0.6 is 19.5 Å². The summed E-state index contributed by atoms with van der Waals surface area (Å²) in [7, 11) is -0.0548. The summed E-state index contributed by atoms with van der Waals surface area (Å²) in [6.07, 6.45) is 6.10. The summed E-state index contributed by atoms with van der Waals surface area (Å²) >= 11 is 5.86. The second-order valence-electron chi connectivity index (χ2n) is 1.76. The topological polar surface area (TPSA) is 0 Å². The molecule has 0 nitrogen and oxygen atoms in total. The van der Waals surface area contributed by atoms with E-state index in [-0.39, 0.29) is 13.0 Å². The Hall–Kier alpha value is 0.200. The zero-order valence-corrected chi connectivity index (χ0v) is 6.36. The SMILES string of the molecule is CP1C=CC=CC1Cl. The van der Waals surface area contributed by atoms with Crippen LogP contribution in [0.5, 0.6) is 0 Å². The average Bonchev–Trinajstić information content (AvgIpc) is 1.77. The molecule has 0 fully saturated rings. The Bertz CT molecular complexity index is 112. The highest BCUT2D eigenvalue weighted by Crippen LogP contribution is 2.43. The van der Waals surface area contributed by atoms with Crippen LogP contribution in [-0.4, -0.2) is 11.8 Å². The van der Waals surface area contributed by atoms with E-state index in [1.165, 1.54) is 0 Å². The standard InChI is InChI=1S/C6H8ClP/c1-8-5-3-2-4-6(8)7/h2-6H,1H3. The molecule has 8 heavy (non-hydrogen) atoms. The number of halogens is 1. The van der Waals surface area contributed by atoms with Crippen LogP contribution in [-0.2, 0) is 0 Å². The van der Waals surface area contributed by atoms with Gasteiger partial charge in [0.1, 0.15) is 0 Å². The minimum absolute atomic E-state index is 0.0548. The molecule has 0 aliphatic carbocycles. The third-order valence-electron chi connectivity index (χ3n) is 1.09. The molecule has 44 valence electrons. The molecule has 0 N–H and O–H groups in total. The molecule has 0 saturated heterocycles. The molecule has 0 spiro atoms. The normalized spacial score (nSPS) is 35.8. The minimum atomic E-state index is -0.0548. The fourth-order valence-corrected chi connectivity index (χ4v) is 1.74. The number of hydrogen-bond acceptors (Lipinski definition) is 0. The second kappa shape index (κ2) is 2.66. The molecule has 0 aromatic carbocycles. The number of hydrogen-bond donors (Lipinski definition) is 0. The fraction of sp³-hybridized carbons (Fsp3) is 0.333. The van der Waals surface area contributed by atoms with Gasteiger partial charge in [-0.25, -0.2) is 0 Å². The lowest BCUT2D eigenvalue weighted by Gasteiger charge is -2.12. The van der Waals surface area contributed by atoms with Gasteiger partial charge in [0.15, 0.2) is 0 Å². The molecule has 1 rings (SSSR count). The second-order valence-corrected chi connectivity index (χ2v) is 4.72. The molecule has 0 radical (unpaired) electrons. The van der Waals surface area contributed by atoms with E-state index in [4.69, 9.17) is 11.6 Å². The Morgan fingerprint density at radius 3 is 2.62 bits per heavy atom. The maximum atomic E-state index is 5.86. The first-order valence-corrected chi connectivity index (χ1v) is 4.88. The molecule has 0 amide bonds. The van der Waals surface area contributed by atoms with Crippen molar-refractivity contribution in [1.82, 2.24) is 0 Å². The molecular weight excluding hydrogens is 138 g/mol. The lowest BCUT2D eigenvalue weighted by molar-refractivity contribution is 1.57. The maximum Gasteiger partial charge on any atom is 0.0747 e. The smallest absolute Gasteiger partial charge is 0.0747 e. The molecular formula is C6H8ClP. The molecule has 0 saturated carbocycles. The van der Waals surface area contributed by atoms with Crippen molar-refractivity contribution in [1.29, 1.82) is 0 Å². The van der Waals surface area contributed by atoms with E-state index in [9.17, 15) is 0 Å². The van der Waals surface area contributed by atoms with E-state index < -0.39 is 0 Å². The molecule has 2 heteroatoms. The first-order valence-electron chi connectivity index (χ1n) is 2.52. The van der Waals surface area contributed by atoms with Gasteiger partial charge in [-0.05, 0) is 6.66 Å². The zero-order chi connectivity index (χ0) is 5.98. The summed E-state index contributed by atoms with van der Waals surface area (Å²) in [6, 6.07) is 0. The van der Waals surface area contributed by atoms with Gasteiger partial charge in [-0.1, -0.05) is 32.0 Å². The van der Waals surface area contributed by atoms with Crippen molar-refractivity contribution in [2.24, 2.45) is 0 Å². The number of alkyl halides is 1. The first kappa shape index (κ1) is 6.32. The Morgan fingerprint density at radius 2 is 2.25 bits per heavy atom. The molecule has 1 heterocycles. The number of rotatable bonds is 0. The molecule has 0 bridgehead atoms. The van der Waals surface area contributed by atoms with Gasteiger partial charge in [0.05, 0.1) is 5.12 Å². The Kier molecular flexibility index (Phi) is 2.10. The van der Waals surface area contributed by atoms with Crippen molar-refractivity contribution in [2.75, 3.05) is 6.66 Å².